The molecule has 0 unspecified atom stereocenters. The predicted molar refractivity (Wildman–Crippen MR) is 103 cm³/mol. The maximum atomic E-state index is 11.3. The van der Waals surface area contributed by atoms with Gasteiger partial charge in [0.15, 0.2) is 0 Å². The van der Waals surface area contributed by atoms with Crippen molar-refractivity contribution in [2.24, 2.45) is 0 Å². The van der Waals surface area contributed by atoms with Gasteiger partial charge in [0.2, 0.25) is 5.91 Å². The number of anilines is 2. The Morgan fingerprint density at radius 2 is 1.83 bits per heavy atom. The summed E-state index contributed by atoms with van der Waals surface area (Å²) >= 11 is 11.4. The van der Waals surface area contributed by atoms with Crippen LogP contribution in [0.5, 0.6) is 0 Å². The van der Waals surface area contributed by atoms with Crippen molar-refractivity contribution in [2.75, 3.05) is 23.3 Å². The van der Waals surface area contributed by atoms with Gasteiger partial charge in [0.05, 0.1) is 18.1 Å². The third kappa shape index (κ3) is 6.64. The van der Waals surface area contributed by atoms with E-state index in [0.29, 0.717) is 22.5 Å². The van der Waals surface area contributed by atoms with Crippen LogP contribution in [0.1, 0.15) is 28.7 Å². The molecule has 2 rings (SSSR count). The molecule has 0 atom stereocenters. The second kappa shape index (κ2) is 12.4. The van der Waals surface area contributed by atoms with E-state index < -0.39 is 0 Å². The molecular weight excluding hydrogens is 351 g/mol. The number of nitrogens with zero attached hydrogens (tertiary/aromatic N) is 3. The van der Waals surface area contributed by atoms with E-state index in [9.17, 15) is 4.79 Å². The van der Waals surface area contributed by atoms with E-state index in [0.717, 1.165) is 12.2 Å². The van der Waals surface area contributed by atoms with Crippen LogP contribution in [-0.4, -0.2) is 39.4 Å². The van der Waals surface area contributed by atoms with Crippen molar-refractivity contribution in [2.45, 2.75) is 28.7 Å². The van der Waals surface area contributed by atoms with Crippen LogP contribution in [0, 0.1) is 0 Å². The molecule has 0 aromatic carbocycles. The summed E-state index contributed by atoms with van der Waals surface area (Å²) in [5, 5.41) is 16.6. The molecule has 0 fully saturated rings. The number of aromatic amines is 2. The molecule has 0 radical (unpaired) electrons. The van der Waals surface area contributed by atoms with Gasteiger partial charge in [0.25, 0.3) is 0 Å². The molecule has 0 saturated carbocycles. The van der Waals surface area contributed by atoms with Gasteiger partial charge in [-0.1, -0.05) is 44.6 Å². The Balaban J connectivity index is 0. The zero-order valence-electron chi connectivity index (χ0n) is 12.4. The number of likely N-dealkylation sites (N-methyl/N-ethyl adjacent to an activating group) is 1. The van der Waals surface area contributed by atoms with E-state index in [2.05, 4.69) is 32.3 Å². The molecule has 0 aliphatic rings. The van der Waals surface area contributed by atoms with Crippen LogP contribution in [0.2, 0.25) is 10.3 Å². The highest BCUT2D eigenvalue weighted by molar-refractivity contribution is 6.32. The zero-order valence-corrected chi connectivity index (χ0v) is 13.9. The molecule has 0 aliphatic heterocycles. The first-order valence-corrected chi connectivity index (χ1v) is 7.36. The van der Waals surface area contributed by atoms with Crippen LogP contribution in [0.15, 0.2) is 25.0 Å². The molecule has 7 nitrogen and oxygen atoms in total. The SMILES string of the molecule is C.C.C=CC(=O)N(CC)c1cn[nH]c1Cl.CCNc1cn[nH]c1Cl. The quantitative estimate of drug-likeness (QED) is 0.675. The summed E-state index contributed by atoms with van der Waals surface area (Å²) in [6.07, 6.45) is 4.41. The molecule has 1 amide bonds. The Morgan fingerprint density at radius 3 is 2.21 bits per heavy atom. The highest BCUT2D eigenvalue weighted by atomic mass is 35.5. The first kappa shape index (κ1) is 24.3. The summed E-state index contributed by atoms with van der Waals surface area (Å²) < 4.78 is 0. The fourth-order valence-electron chi connectivity index (χ4n) is 1.59. The molecular formula is C15H26Cl2N6O. The molecule has 0 spiro atoms. The summed E-state index contributed by atoms with van der Waals surface area (Å²) in [4.78, 5) is 12.8. The van der Waals surface area contributed by atoms with Gasteiger partial charge in [-0.2, -0.15) is 10.2 Å². The molecule has 2 heterocycles. The second-order valence-electron chi connectivity index (χ2n) is 3.98. The van der Waals surface area contributed by atoms with Crippen molar-refractivity contribution < 1.29 is 4.79 Å². The number of aromatic nitrogens is 4. The van der Waals surface area contributed by atoms with Gasteiger partial charge < -0.3 is 10.2 Å². The van der Waals surface area contributed by atoms with Crippen LogP contribution >= 0.6 is 23.2 Å². The first-order chi connectivity index (χ1) is 10.5. The Morgan fingerprint density at radius 1 is 1.25 bits per heavy atom. The number of nitrogens with one attached hydrogen (secondary N) is 3. The third-order valence-corrected chi connectivity index (χ3v) is 3.15. The smallest absolute Gasteiger partial charge is 0.250 e. The molecule has 2 aromatic rings. The Kier molecular flexibility index (Phi) is 12.6. The lowest BCUT2D eigenvalue weighted by Crippen LogP contribution is -2.28. The summed E-state index contributed by atoms with van der Waals surface area (Å²) in [7, 11) is 0. The average Bonchev–Trinajstić information content (AvgIpc) is 3.11. The topological polar surface area (TPSA) is 89.7 Å². The minimum absolute atomic E-state index is 0. The zero-order chi connectivity index (χ0) is 16.5. The van der Waals surface area contributed by atoms with Crippen molar-refractivity contribution in [1.82, 2.24) is 20.4 Å². The molecule has 3 N–H and O–H groups in total. The van der Waals surface area contributed by atoms with Gasteiger partial charge in [-0.15, -0.1) is 0 Å². The highest BCUT2D eigenvalue weighted by Gasteiger charge is 2.14. The summed E-state index contributed by atoms with van der Waals surface area (Å²) in [5.74, 6) is -0.189. The third-order valence-electron chi connectivity index (χ3n) is 2.58. The summed E-state index contributed by atoms with van der Waals surface area (Å²) in [5.41, 5.74) is 1.44. The Bertz CT molecular complexity index is 611. The number of hydrogen-bond donors (Lipinski definition) is 3. The molecule has 9 heteroatoms. The van der Waals surface area contributed by atoms with Crippen LogP contribution in [0.25, 0.3) is 0 Å². The molecule has 2 aromatic heterocycles. The van der Waals surface area contributed by atoms with Crippen LogP contribution < -0.4 is 10.2 Å². The van der Waals surface area contributed by atoms with Crippen LogP contribution in [-0.2, 0) is 4.79 Å². The standard InChI is InChI=1S/C8H10ClN3O.C5H8ClN3.2CH4/c1-3-7(13)12(4-2)6-5-10-11-8(6)9;1-2-7-4-3-8-9-5(4)6;;/h3,5H,1,4H2,2H3,(H,10,11);3,7H,2H2,1H3,(H,8,9);2*1H4. The predicted octanol–water partition coefficient (Wildman–Crippen LogP) is 4.37. The Hall–Kier alpha value is -1.99. The number of rotatable bonds is 5. The van der Waals surface area contributed by atoms with E-state index in [1.165, 1.54) is 17.2 Å². The van der Waals surface area contributed by atoms with E-state index in [4.69, 9.17) is 23.2 Å². The van der Waals surface area contributed by atoms with Gasteiger partial charge in [-0.05, 0) is 19.9 Å². The largest absolute Gasteiger partial charge is 0.382 e. The van der Waals surface area contributed by atoms with Gasteiger partial charge in [-0.25, -0.2) is 0 Å². The van der Waals surface area contributed by atoms with E-state index in [1.807, 2.05) is 13.8 Å². The number of H-pyrrole nitrogens is 2. The monoisotopic (exact) mass is 376 g/mol. The van der Waals surface area contributed by atoms with Crippen molar-refractivity contribution in [3.8, 4) is 0 Å². The Labute approximate surface area is 153 Å². The first-order valence-electron chi connectivity index (χ1n) is 6.60. The number of hydrogen-bond acceptors (Lipinski definition) is 4. The number of amides is 1. The average molecular weight is 377 g/mol. The van der Waals surface area contributed by atoms with Gasteiger partial charge in [0, 0.05) is 13.1 Å². The minimum Gasteiger partial charge on any atom is -0.382 e. The number of carbonyl (C=O) groups excluding carboxylic acids is 1. The fraction of sp³-hybridized carbons (Fsp3) is 0.400. The van der Waals surface area contributed by atoms with Crippen molar-refractivity contribution >= 4 is 40.5 Å². The van der Waals surface area contributed by atoms with E-state index in [-0.39, 0.29) is 20.8 Å². The van der Waals surface area contributed by atoms with E-state index in [1.54, 1.807) is 6.20 Å². The molecule has 136 valence electrons. The van der Waals surface area contributed by atoms with Crippen molar-refractivity contribution in [1.29, 1.82) is 0 Å². The van der Waals surface area contributed by atoms with Crippen LogP contribution in [0.3, 0.4) is 0 Å². The minimum atomic E-state index is -0.189. The number of halogens is 2. The number of carbonyl (C=O) groups is 1. The van der Waals surface area contributed by atoms with Gasteiger partial charge >= 0.3 is 0 Å². The lowest BCUT2D eigenvalue weighted by molar-refractivity contribution is -0.114. The van der Waals surface area contributed by atoms with Gasteiger partial charge in [-0.3, -0.25) is 15.0 Å². The molecule has 0 bridgehead atoms. The summed E-state index contributed by atoms with van der Waals surface area (Å²) in [6, 6.07) is 0. The normalized spacial score (nSPS) is 8.83. The molecule has 24 heavy (non-hydrogen) atoms. The highest BCUT2D eigenvalue weighted by Crippen LogP contribution is 2.22. The molecule has 0 saturated heterocycles. The lowest BCUT2D eigenvalue weighted by Gasteiger charge is -2.16. The lowest BCUT2D eigenvalue weighted by atomic mass is 10.4. The fourth-order valence-corrected chi connectivity index (χ4v) is 1.96. The van der Waals surface area contributed by atoms with Crippen molar-refractivity contribution in [3.05, 3.63) is 35.4 Å². The van der Waals surface area contributed by atoms with E-state index >= 15 is 0 Å². The maximum absolute atomic E-state index is 11.3. The maximum Gasteiger partial charge on any atom is 0.250 e. The summed E-state index contributed by atoms with van der Waals surface area (Å²) in [6.45, 7) is 8.65. The van der Waals surface area contributed by atoms with Crippen molar-refractivity contribution in [3.63, 3.8) is 0 Å². The second-order valence-corrected chi connectivity index (χ2v) is 4.74. The molecule has 0 aliphatic carbocycles. The van der Waals surface area contributed by atoms with Gasteiger partial charge in [0.1, 0.15) is 16.0 Å². The van der Waals surface area contributed by atoms with Crippen LogP contribution in [0.4, 0.5) is 11.4 Å².